The number of primary amides is 1. The van der Waals surface area contributed by atoms with Crippen LogP contribution in [-0.2, 0) is 9.59 Å². The first-order chi connectivity index (χ1) is 11.6. The highest BCUT2D eigenvalue weighted by molar-refractivity contribution is 5.91. The third-order valence-corrected chi connectivity index (χ3v) is 3.52. The number of nitrogens with one attached hydrogen (secondary N) is 1. The Morgan fingerprint density at radius 3 is 3.00 bits per heavy atom. The number of nitrogens with zero attached hydrogens (tertiary/aromatic N) is 3. The molecule has 2 aromatic rings. The first-order valence-corrected chi connectivity index (χ1v) is 7.45. The fraction of sp³-hybridized carbons (Fsp3) is 0.333. The SMILES string of the molecule is CCOc1cc([C@H]2CC(=O)Nc3ncnn32)ccc1OCC(N)=O. The van der Waals surface area contributed by atoms with Crippen LogP contribution in [0.3, 0.4) is 0 Å². The van der Waals surface area contributed by atoms with Crippen LogP contribution >= 0.6 is 0 Å². The minimum absolute atomic E-state index is 0.132. The maximum absolute atomic E-state index is 11.9. The Morgan fingerprint density at radius 1 is 1.42 bits per heavy atom. The first-order valence-electron chi connectivity index (χ1n) is 7.45. The summed E-state index contributed by atoms with van der Waals surface area (Å²) >= 11 is 0. The molecule has 0 saturated heterocycles. The Bertz CT molecular complexity index is 773. The summed E-state index contributed by atoms with van der Waals surface area (Å²) < 4.78 is 12.6. The zero-order chi connectivity index (χ0) is 17.1. The molecule has 126 valence electrons. The number of anilines is 1. The average molecular weight is 331 g/mol. The van der Waals surface area contributed by atoms with Crippen molar-refractivity contribution in [3.63, 3.8) is 0 Å². The molecule has 9 heteroatoms. The van der Waals surface area contributed by atoms with Crippen molar-refractivity contribution in [2.75, 3.05) is 18.5 Å². The van der Waals surface area contributed by atoms with Crippen LogP contribution in [0.25, 0.3) is 0 Å². The third-order valence-electron chi connectivity index (χ3n) is 3.52. The lowest BCUT2D eigenvalue weighted by Crippen LogP contribution is -2.29. The lowest BCUT2D eigenvalue weighted by molar-refractivity contribution is -0.120. The van der Waals surface area contributed by atoms with Crippen LogP contribution in [0.15, 0.2) is 24.5 Å². The molecular weight excluding hydrogens is 314 g/mol. The summed E-state index contributed by atoms with van der Waals surface area (Å²) in [5.41, 5.74) is 5.93. The van der Waals surface area contributed by atoms with Gasteiger partial charge >= 0.3 is 0 Å². The fourth-order valence-electron chi connectivity index (χ4n) is 2.53. The molecule has 1 aromatic carbocycles. The Kier molecular flexibility index (Phi) is 4.32. The highest BCUT2D eigenvalue weighted by Crippen LogP contribution is 2.35. The number of nitrogens with two attached hydrogens (primary N) is 1. The van der Waals surface area contributed by atoms with E-state index >= 15 is 0 Å². The maximum atomic E-state index is 11.9. The molecule has 1 aliphatic rings. The molecule has 9 nitrogen and oxygen atoms in total. The molecule has 0 saturated carbocycles. The molecule has 1 aromatic heterocycles. The van der Waals surface area contributed by atoms with Gasteiger partial charge in [0.2, 0.25) is 11.9 Å². The summed E-state index contributed by atoms with van der Waals surface area (Å²) in [5, 5.41) is 6.83. The van der Waals surface area contributed by atoms with E-state index in [2.05, 4.69) is 15.4 Å². The summed E-state index contributed by atoms with van der Waals surface area (Å²) in [7, 11) is 0. The topological polar surface area (TPSA) is 121 Å². The second kappa shape index (κ2) is 6.57. The van der Waals surface area contributed by atoms with Crippen LogP contribution in [0.2, 0.25) is 0 Å². The van der Waals surface area contributed by atoms with Crippen molar-refractivity contribution in [1.82, 2.24) is 14.8 Å². The van der Waals surface area contributed by atoms with Crippen LogP contribution in [0.1, 0.15) is 24.9 Å². The van der Waals surface area contributed by atoms with Crippen LogP contribution in [-0.4, -0.2) is 39.8 Å². The molecule has 3 N–H and O–H groups in total. The standard InChI is InChI=1S/C15H17N5O4/c1-2-23-12-5-9(3-4-11(12)24-7-13(16)21)10-6-14(22)19-15-17-8-18-20(10)15/h3-5,8,10H,2,6-7H2,1H3,(H2,16,21)(H,17,18,19,22)/t10-/m1/s1. The Balaban J connectivity index is 1.93. The number of benzene rings is 1. The first kappa shape index (κ1) is 15.8. The van der Waals surface area contributed by atoms with Crippen molar-refractivity contribution in [2.24, 2.45) is 5.73 Å². The van der Waals surface area contributed by atoms with Crippen molar-refractivity contribution in [3.05, 3.63) is 30.1 Å². The van der Waals surface area contributed by atoms with Gasteiger partial charge in [0.25, 0.3) is 5.91 Å². The molecule has 0 fully saturated rings. The van der Waals surface area contributed by atoms with Crippen LogP contribution in [0.5, 0.6) is 11.5 Å². The second-order valence-electron chi connectivity index (χ2n) is 5.19. The maximum Gasteiger partial charge on any atom is 0.255 e. The highest BCUT2D eigenvalue weighted by Gasteiger charge is 2.28. The van der Waals surface area contributed by atoms with E-state index in [4.69, 9.17) is 15.2 Å². The summed E-state index contributed by atoms with van der Waals surface area (Å²) in [6, 6.07) is 4.97. The number of ether oxygens (including phenoxy) is 2. The van der Waals surface area contributed by atoms with E-state index in [0.717, 1.165) is 5.56 Å². The van der Waals surface area contributed by atoms with Gasteiger partial charge in [-0.25, -0.2) is 4.68 Å². The molecule has 24 heavy (non-hydrogen) atoms. The second-order valence-corrected chi connectivity index (χ2v) is 5.19. The van der Waals surface area contributed by atoms with E-state index in [0.29, 0.717) is 24.1 Å². The van der Waals surface area contributed by atoms with E-state index in [9.17, 15) is 9.59 Å². The fourth-order valence-corrected chi connectivity index (χ4v) is 2.53. The molecule has 2 heterocycles. The summed E-state index contributed by atoms with van der Waals surface area (Å²) in [5.74, 6) is 0.593. The number of fused-ring (bicyclic) bond motifs is 1. The van der Waals surface area contributed by atoms with Gasteiger partial charge in [0.1, 0.15) is 6.33 Å². The number of carbonyl (C=O) groups is 2. The van der Waals surface area contributed by atoms with E-state index in [1.54, 1.807) is 22.9 Å². The van der Waals surface area contributed by atoms with Gasteiger partial charge in [-0.2, -0.15) is 10.1 Å². The van der Waals surface area contributed by atoms with Crippen molar-refractivity contribution in [1.29, 1.82) is 0 Å². The van der Waals surface area contributed by atoms with E-state index in [1.807, 2.05) is 6.92 Å². The third kappa shape index (κ3) is 3.14. The number of carbonyl (C=O) groups excluding carboxylic acids is 2. The van der Waals surface area contributed by atoms with Crippen molar-refractivity contribution >= 4 is 17.8 Å². The van der Waals surface area contributed by atoms with Crippen LogP contribution in [0, 0.1) is 0 Å². The number of amides is 2. The monoisotopic (exact) mass is 331 g/mol. The molecule has 3 rings (SSSR count). The lowest BCUT2D eigenvalue weighted by Gasteiger charge is -2.24. The molecule has 0 bridgehead atoms. The molecule has 1 aliphatic heterocycles. The van der Waals surface area contributed by atoms with Gasteiger partial charge in [-0.15, -0.1) is 0 Å². The van der Waals surface area contributed by atoms with Gasteiger partial charge in [0.15, 0.2) is 18.1 Å². The van der Waals surface area contributed by atoms with Crippen molar-refractivity contribution in [3.8, 4) is 11.5 Å². The summed E-state index contributed by atoms with van der Waals surface area (Å²) in [6.45, 7) is 2.03. The number of rotatable bonds is 6. The minimum atomic E-state index is -0.572. The molecule has 0 radical (unpaired) electrons. The Hall–Kier alpha value is -3.10. The number of aromatic nitrogens is 3. The minimum Gasteiger partial charge on any atom is -0.490 e. The van der Waals surface area contributed by atoms with Gasteiger partial charge in [-0.1, -0.05) is 6.07 Å². The van der Waals surface area contributed by atoms with Gasteiger partial charge in [-0.05, 0) is 24.6 Å². The smallest absolute Gasteiger partial charge is 0.255 e. The lowest BCUT2D eigenvalue weighted by atomic mass is 10.0. The quantitative estimate of drug-likeness (QED) is 0.793. The normalized spacial score (nSPS) is 16.2. The van der Waals surface area contributed by atoms with Gasteiger partial charge in [0.05, 0.1) is 19.1 Å². The summed E-state index contributed by atoms with van der Waals surface area (Å²) in [6.07, 6.45) is 1.63. The van der Waals surface area contributed by atoms with E-state index in [1.165, 1.54) is 6.33 Å². The Morgan fingerprint density at radius 2 is 2.25 bits per heavy atom. The molecule has 2 amide bonds. The summed E-state index contributed by atoms with van der Waals surface area (Å²) in [4.78, 5) is 26.8. The molecule has 0 unspecified atom stereocenters. The van der Waals surface area contributed by atoms with Crippen molar-refractivity contribution in [2.45, 2.75) is 19.4 Å². The number of hydrogen-bond acceptors (Lipinski definition) is 6. The van der Waals surface area contributed by atoms with Crippen LogP contribution < -0.4 is 20.5 Å². The van der Waals surface area contributed by atoms with Crippen LogP contribution in [0.4, 0.5) is 5.95 Å². The van der Waals surface area contributed by atoms with Gasteiger partial charge in [-0.3, -0.25) is 14.9 Å². The average Bonchev–Trinajstić information content (AvgIpc) is 3.01. The van der Waals surface area contributed by atoms with E-state index in [-0.39, 0.29) is 25.0 Å². The zero-order valence-corrected chi connectivity index (χ0v) is 13.1. The molecule has 0 spiro atoms. The van der Waals surface area contributed by atoms with E-state index < -0.39 is 5.91 Å². The largest absolute Gasteiger partial charge is 0.490 e. The predicted octanol–water partition coefficient (Wildman–Crippen LogP) is 0.472. The van der Waals surface area contributed by atoms with Crippen molar-refractivity contribution < 1.29 is 19.1 Å². The predicted molar refractivity (Wildman–Crippen MR) is 83.7 cm³/mol. The molecule has 1 atom stereocenters. The Labute approximate surface area is 137 Å². The number of hydrogen-bond donors (Lipinski definition) is 2. The zero-order valence-electron chi connectivity index (χ0n) is 13.1. The molecular formula is C15H17N5O4. The van der Waals surface area contributed by atoms with Gasteiger partial charge in [0, 0.05) is 0 Å². The molecule has 0 aliphatic carbocycles. The van der Waals surface area contributed by atoms with Gasteiger partial charge < -0.3 is 15.2 Å². The highest BCUT2D eigenvalue weighted by atomic mass is 16.5.